The number of thiophene rings is 1. The molecule has 0 spiro atoms. The lowest BCUT2D eigenvalue weighted by Gasteiger charge is -2.03. The van der Waals surface area contributed by atoms with Gasteiger partial charge in [-0.3, -0.25) is 0 Å². The van der Waals surface area contributed by atoms with Crippen LogP contribution in [-0.2, 0) is 6.42 Å². The number of rotatable bonds is 5. The molecule has 2 heterocycles. The van der Waals surface area contributed by atoms with Gasteiger partial charge in [0.25, 0.3) is 0 Å². The van der Waals surface area contributed by atoms with E-state index in [0.717, 1.165) is 44.6 Å². The number of aromatic amines is 1. The molecule has 22 heavy (non-hydrogen) atoms. The van der Waals surface area contributed by atoms with E-state index in [1.54, 1.807) is 11.3 Å². The monoisotopic (exact) mass is 460 g/mol. The fraction of sp³-hybridized carbons (Fsp3) is 0.250. The van der Waals surface area contributed by atoms with Crippen LogP contribution in [0, 0.1) is 0 Å². The number of benzene rings is 1. The summed E-state index contributed by atoms with van der Waals surface area (Å²) in [6.45, 7) is 0.729. The van der Waals surface area contributed by atoms with E-state index in [1.807, 2.05) is 6.07 Å². The van der Waals surface area contributed by atoms with Crippen LogP contribution in [0.5, 0.6) is 0 Å². The Balaban J connectivity index is 2.16. The Kier molecular flexibility index (Phi) is 5.30. The molecule has 2 nitrogen and oxygen atoms in total. The van der Waals surface area contributed by atoms with E-state index in [4.69, 9.17) is 17.3 Å². The van der Waals surface area contributed by atoms with Crippen LogP contribution in [0.3, 0.4) is 0 Å². The second-order valence-electron chi connectivity index (χ2n) is 5.14. The molecule has 3 aromatic rings. The maximum Gasteiger partial charge on any atom is 0.0705 e. The number of halogens is 3. The Morgan fingerprint density at radius 2 is 2.00 bits per heavy atom. The molecule has 0 bridgehead atoms. The first kappa shape index (κ1) is 16.5. The third-order valence-corrected chi connectivity index (χ3v) is 6.03. The molecule has 0 saturated heterocycles. The predicted molar refractivity (Wildman–Crippen MR) is 104 cm³/mol. The minimum absolute atomic E-state index is 0.729. The maximum atomic E-state index is 6.41. The quantitative estimate of drug-likeness (QED) is 0.426. The van der Waals surface area contributed by atoms with Crippen molar-refractivity contribution in [2.24, 2.45) is 5.73 Å². The number of aromatic nitrogens is 1. The first-order chi connectivity index (χ1) is 10.6. The standard InChI is InChI=1S/C16H15Br2ClN2S/c17-9-7-11-10(3-1-2-6-20)16(13-4-5-14(18)22-13)21-15(11)12(19)8-9/h4-5,7-8,21H,1-3,6,20H2. The van der Waals surface area contributed by atoms with Crippen molar-refractivity contribution in [2.75, 3.05) is 6.54 Å². The fourth-order valence-electron chi connectivity index (χ4n) is 2.64. The zero-order valence-electron chi connectivity index (χ0n) is 11.8. The lowest BCUT2D eigenvalue weighted by Crippen LogP contribution is -1.99. The number of aryl methyl sites for hydroxylation is 1. The average molecular weight is 463 g/mol. The molecule has 3 N–H and O–H groups in total. The summed E-state index contributed by atoms with van der Waals surface area (Å²) < 4.78 is 2.13. The summed E-state index contributed by atoms with van der Waals surface area (Å²) in [5, 5.41) is 1.93. The van der Waals surface area contributed by atoms with Crippen molar-refractivity contribution in [3.05, 3.63) is 43.1 Å². The summed E-state index contributed by atoms with van der Waals surface area (Å²) in [7, 11) is 0. The van der Waals surface area contributed by atoms with Gasteiger partial charge in [-0.15, -0.1) is 11.3 Å². The van der Waals surface area contributed by atoms with Crippen molar-refractivity contribution in [1.82, 2.24) is 4.98 Å². The molecule has 0 aliphatic heterocycles. The Hall–Kier alpha value is -0.330. The van der Waals surface area contributed by atoms with Crippen LogP contribution < -0.4 is 5.73 Å². The average Bonchev–Trinajstić information content (AvgIpc) is 3.04. The van der Waals surface area contributed by atoms with E-state index in [0.29, 0.717) is 0 Å². The molecule has 2 aromatic heterocycles. The highest BCUT2D eigenvalue weighted by molar-refractivity contribution is 9.11. The SMILES string of the molecule is NCCCCc1c(-c2ccc(Br)s2)[nH]c2c(Cl)cc(Br)cc12. The summed E-state index contributed by atoms with van der Waals surface area (Å²) >= 11 is 15.2. The lowest BCUT2D eigenvalue weighted by atomic mass is 10.0. The van der Waals surface area contributed by atoms with Gasteiger partial charge in [-0.2, -0.15) is 0 Å². The topological polar surface area (TPSA) is 41.8 Å². The summed E-state index contributed by atoms with van der Waals surface area (Å²) in [5.74, 6) is 0. The van der Waals surface area contributed by atoms with Gasteiger partial charge in [0.15, 0.2) is 0 Å². The van der Waals surface area contributed by atoms with Crippen LogP contribution in [0.15, 0.2) is 32.5 Å². The first-order valence-corrected chi connectivity index (χ1v) is 9.83. The fourth-order valence-corrected chi connectivity index (χ4v) is 4.91. The highest BCUT2D eigenvalue weighted by Gasteiger charge is 2.16. The van der Waals surface area contributed by atoms with E-state index >= 15 is 0 Å². The van der Waals surface area contributed by atoms with E-state index in [-0.39, 0.29) is 0 Å². The first-order valence-electron chi connectivity index (χ1n) is 7.05. The minimum atomic E-state index is 0.729. The Labute approximate surface area is 155 Å². The predicted octanol–water partition coefficient (Wildman–Crippen LogP) is 6.36. The molecule has 3 rings (SSSR count). The van der Waals surface area contributed by atoms with E-state index < -0.39 is 0 Å². The molecule has 0 unspecified atom stereocenters. The van der Waals surface area contributed by atoms with Crippen LogP contribution in [-0.4, -0.2) is 11.5 Å². The highest BCUT2D eigenvalue weighted by atomic mass is 79.9. The molecular formula is C16H15Br2ClN2S. The molecule has 0 saturated carbocycles. The van der Waals surface area contributed by atoms with Crippen molar-refractivity contribution in [2.45, 2.75) is 19.3 Å². The molecule has 0 aliphatic carbocycles. The normalized spacial score (nSPS) is 11.5. The van der Waals surface area contributed by atoms with Gasteiger partial charge in [0.2, 0.25) is 0 Å². The van der Waals surface area contributed by atoms with Crippen LogP contribution >= 0.6 is 54.8 Å². The molecule has 1 aromatic carbocycles. The number of unbranched alkanes of at least 4 members (excludes halogenated alkanes) is 1. The molecule has 0 atom stereocenters. The molecule has 0 aliphatic rings. The molecule has 0 fully saturated rings. The number of hydrogen-bond donors (Lipinski definition) is 2. The largest absolute Gasteiger partial charge is 0.352 e. The third kappa shape index (κ3) is 3.29. The molecular weight excluding hydrogens is 448 g/mol. The lowest BCUT2D eigenvalue weighted by molar-refractivity contribution is 0.748. The number of fused-ring (bicyclic) bond motifs is 1. The van der Waals surface area contributed by atoms with Gasteiger partial charge in [-0.25, -0.2) is 0 Å². The van der Waals surface area contributed by atoms with Crippen LogP contribution in [0.2, 0.25) is 5.02 Å². The maximum absolute atomic E-state index is 6.41. The van der Waals surface area contributed by atoms with Gasteiger partial charge >= 0.3 is 0 Å². The summed E-state index contributed by atoms with van der Waals surface area (Å²) in [4.78, 5) is 4.74. The second-order valence-corrected chi connectivity index (χ2v) is 8.92. The second kappa shape index (κ2) is 7.05. The molecule has 116 valence electrons. The number of nitrogens with two attached hydrogens (primary N) is 1. The van der Waals surface area contributed by atoms with Gasteiger partial charge in [-0.05, 0) is 71.6 Å². The van der Waals surface area contributed by atoms with Crippen molar-refractivity contribution in [3.63, 3.8) is 0 Å². The summed E-state index contributed by atoms with van der Waals surface area (Å²) in [5.41, 5.74) is 9.14. The van der Waals surface area contributed by atoms with Gasteiger partial charge in [0.1, 0.15) is 0 Å². The smallest absolute Gasteiger partial charge is 0.0705 e. The van der Waals surface area contributed by atoms with Gasteiger partial charge in [0.05, 0.1) is 24.9 Å². The van der Waals surface area contributed by atoms with E-state index in [9.17, 15) is 0 Å². The van der Waals surface area contributed by atoms with Crippen molar-refractivity contribution >= 4 is 65.7 Å². The Bertz CT molecular complexity index is 810. The number of H-pyrrole nitrogens is 1. The van der Waals surface area contributed by atoms with E-state index in [2.05, 4.69) is 55.0 Å². The minimum Gasteiger partial charge on any atom is -0.352 e. The van der Waals surface area contributed by atoms with Crippen molar-refractivity contribution in [1.29, 1.82) is 0 Å². The molecule has 6 heteroatoms. The van der Waals surface area contributed by atoms with Gasteiger partial charge in [-0.1, -0.05) is 27.5 Å². The van der Waals surface area contributed by atoms with Crippen molar-refractivity contribution in [3.8, 4) is 10.6 Å². The van der Waals surface area contributed by atoms with Gasteiger partial charge in [0, 0.05) is 9.86 Å². The zero-order valence-corrected chi connectivity index (χ0v) is 16.5. The molecule has 0 radical (unpaired) electrons. The number of nitrogens with one attached hydrogen (secondary N) is 1. The van der Waals surface area contributed by atoms with E-state index in [1.165, 1.54) is 21.5 Å². The zero-order chi connectivity index (χ0) is 15.7. The Morgan fingerprint density at radius 3 is 2.68 bits per heavy atom. The van der Waals surface area contributed by atoms with Crippen LogP contribution in [0.4, 0.5) is 0 Å². The highest BCUT2D eigenvalue weighted by Crippen LogP contribution is 2.39. The van der Waals surface area contributed by atoms with Crippen molar-refractivity contribution < 1.29 is 0 Å². The molecule has 0 amide bonds. The van der Waals surface area contributed by atoms with Gasteiger partial charge < -0.3 is 10.7 Å². The van der Waals surface area contributed by atoms with Crippen LogP contribution in [0.1, 0.15) is 18.4 Å². The number of hydrogen-bond acceptors (Lipinski definition) is 2. The summed E-state index contributed by atoms with van der Waals surface area (Å²) in [6.07, 6.45) is 3.10. The Morgan fingerprint density at radius 1 is 1.18 bits per heavy atom. The van der Waals surface area contributed by atoms with Crippen LogP contribution in [0.25, 0.3) is 21.5 Å². The third-order valence-electron chi connectivity index (χ3n) is 3.63. The summed E-state index contributed by atoms with van der Waals surface area (Å²) in [6, 6.07) is 8.28.